The van der Waals surface area contributed by atoms with E-state index in [1.165, 1.54) is 0 Å². The van der Waals surface area contributed by atoms with Crippen molar-refractivity contribution in [3.63, 3.8) is 0 Å². The summed E-state index contributed by atoms with van der Waals surface area (Å²) in [7, 11) is 0. The van der Waals surface area contributed by atoms with E-state index in [9.17, 15) is 4.79 Å². The van der Waals surface area contributed by atoms with E-state index in [1.807, 2.05) is 0 Å². The van der Waals surface area contributed by atoms with Gasteiger partial charge in [0, 0.05) is 16.8 Å². The number of rotatable bonds is 2. The summed E-state index contributed by atoms with van der Waals surface area (Å²) in [6, 6.07) is 5.34. The van der Waals surface area contributed by atoms with Gasteiger partial charge in [0.2, 0.25) is 0 Å². The third-order valence-corrected chi connectivity index (χ3v) is 3.02. The largest absolute Gasteiger partial charge is 0.398 e. The molecule has 1 atom stereocenters. The number of hydrogen-bond donors (Lipinski definition) is 2. The molecule has 1 aliphatic rings. The number of amides is 1. The molecule has 0 aliphatic carbocycles. The Kier molecular flexibility index (Phi) is 5.24. The highest BCUT2D eigenvalue weighted by Gasteiger charge is 2.19. The molecule has 2 rings (SSSR count). The van der Waals surface area contributed by atoms with Crippen molar-refractivity contribution in [1.29, 1.82) is 0 Å². The second-order valence-corrected chi connectivity index (χ2v) is 4.68. The summed E-state index contributed by atoms with van der Waals surface area (Å²) in [4.78, 5) is 11.9. The van der Waals surface area contributed by atoms with Crippen LogP contribution in [-0.2, 0) is 4.74 Å². The molecule has 4 nitrogen and oxygen atoms in total. The first-order valence-corrected chi connectivity index (χ1v) is 5.90. The summed E-state index contributed by atoms with van der Waals surface area (Å²) in [5, 5.41) is 2.90. The van der Waals surface area contributed by atoms with Crippen molar-refractivity contribution in [2.45, 2.75) is 12.5 Å². The minimum absolute atomic E-state index is 0. The third kappa shape index (κ3) is 3.59. The number of nitrogen functional groups attached to an aromatic ring is 1. The predicted octanol–water partition coefficient (Wildman–Crippen LogP) is 1.97. The molecule has 1 saturated heterocycles. The summed E-state index contributed by atoms with van der Waals surface area (Å²) in [6.45, 7) is 1.29. The standard InChI is InChI=1S/C11H13BrN2O2.ClH/c12-7-1-2-9(10(13)5-7)11(15)14-8-3-4-16-6-8;/h1-2,5,8H,3-4,6,13H2,(H,14,15);1H. The van der Waals surface area contributed by atoms with Crippen molar-refractivity contribution < 1.29 is 9.53 Å². The van der Waals surface area contributed by atoms with Gasteiger partial charge < -0.3 is 15.8 Å². The van der Waals surface area contributed by atoms with E-state index in [1.54, 1.807) is 18.2 Å². The van der Waals surface area contributed by atoms with Gasteiger partial charge in [0.25, 0.3) is 5.91 Å². The molecule has 1 aromatic carbocycles. The van der Waals surface area contributed by atoms with Crippen LogP contribution in [0.15, 0.2) is 22.7 Å². The molecule has 1 fully saturated rings. The maximum absolute atomic E-state index is 11.9. The Morgan fingerprint density at radius 1 is 1.53 bits per heavy atom. The van der Waals surface area contributed by atoms with Crippen molar-refractivity contribution in [1.82, 2.24) is 5.32 Å². The lowest BCUT2D eigenvalue weighted by atomic mass is 10.1. The van der Waals surface area contributed by atoms with Crippen molar-refractivity contribution in [2.24, 2.45) is 0 Å². The molecule has 1 amide bonds. The molecule has 1 unspecified atom stereocenters. The Morgan fingerprint density at radius 3 is 2.88 bits per heavy atom. The summed E-state index contributed by atoms with van der Waals surface area (Å²) < 4.78 is 6.06. The summed E-state index contributed by atoms with van der Waals surface area (Å²) in [5.74, 6) is -0.138. The van der Waals surface area contributed by atoms with E-state index < -0.39 is 0 Å². The number of carbonyl (C=O) groups is 1. The Bertz CT molecular complexity index is 408. The fourth-order valence-electron chi connectivity index (χ4n) is 1.65. The van der Waals surface area contributed by atoms with Gasteiger partial charge in [-0.2, -0.15) is 0 Å². The Morgan fingerprint density at radius 2 is 2.29 bits per heavy atom. The fraction of sp³-hybridized carbons (Fsp3) is 0.364. The lowest BCUT2D eigenvalue weighted by Crippen LogP contribution is -2.35. The number of nitrogens with one attached hydrogen (secondary N) is 1. The van der Waals surface area contributed by atoms with Crippen LogP contribution in [0.4, 0.5) is 5.69 Å². The van der Waals surface area contributed by atoms with Crippen molar-refractivity contribution in [2.75, 3.05) is 18.9 Å². The average Bonchev–Trinajstić information content (AvgIpc) is 2.70. The Balaban J connectivity index is 0.00000144. The smallest absolute Gasteiger partial charge is 0.253 e. The first-order chi connectivity index (χ1) is 7.66. The van der Waals surface area contributed by atoms with E-state index in [-0.39, 0.29) is 24.4 Å². The van der Waals surface area contributed by atoms with Gasteiger partial charge in [-0.1, -0.05) is 15.9 Å². The van der Waals surface area contributed by atoms with Crippen molar-refractivity contribution in [3.05, 3.63) is 28.2 Å². The summed E-state index contributed by atoms with van der Waals surface area (Å²) >= 11 is 3.30. The highest BCUT2D eigenvalue weighted by atomic mass is 79.9. The topological polar surface area (TPSA) is 64.4 Å². The number of nitrogens with two attached hydrogens (primary N) is 1. The lowest BCUT2D eigenvalue weighted by molar-refractivity contribution is 0.0931. The molecular weight excluding hydrogens is 307 g/mol. The molecule has 0 aromatic heterocycles. The SMILES string of the molecule is Cl.Nc1cc(Br)ccc1C(=O)NC1CCOC1. The van der Waals surface area contributed by atoms with Crippen LogP contribution >= 0.6 is 28.3 Å². The maximum atomic E-state index is 11.9. The second kappa shape index (κ2) is 6.23. The van der Waals surface area contributed by atoms with Crippen molar-refractivity contribution >= 4 is 39.9 Å². The van der Waals surface area contributed by atoms with Crippen LogP contribution in [-0.4, -0.2) is 25.2 Å². The molecule has 0 saturated carbocycles. The zero-order valence-electron chi connectivity index (χ0n) is 9.11. The molecule has 17 heavy (non-hydrogen) atoms. The van der Waals surface area contributed by atoms with Crippen molar-refractivity contribution in [3.8, 4) is 0 Å². The summed E-state index contributed by atoms with van der Waals surface area (Å²) in [5.41, 5.74) is 6.76. The van der Waals surface area contributed by atoms with Crippen LogP contribution in [0.25, 0.3) is 0 Å². The summed E-state index contributed by atoms with van der Waals surface area (Å²) in [6.07, 6.45) is 0.863. The average molecular weight is 322 g/mol. The van der Waals surface area contributed by atoms with E-state index in [4.69, 9.17) is 10.5 Å². The molecule has 1 aromatic rings. The number of anilines is 1. The first kappa shape index (κ1) is 14.3. The first-order valence-electron chi connectivity index (χ1n) is 5.10. The lowest BCUT2D eigenvalue weighted by Gasteiger charge is -2.12. The predicted molar refractivity (Wildman–Crippen MR) is 72.5 cm³/mol. The zero-order chi connectivity index (χ0) is 11.5. The molecule has 1 heterocycles. The van der Waals surface area contributed by atoms with Gasteiger partial charge in [0.05, 0.1) is 18.2 Å². The molecule has 0 spiro atoms. The number of ether oxygens (including phenoxy) is 1. The number of carbonyl (C=O) groups excluding carboxylic acids is 1. The van der Waals surface area contributed by atoms with E-state index in [0.29, 0.717) is 24.5 Å². The van der Waals surface area contributed by atoms with Crippen LogP contribution < -0.4 is 11.1 Å². The Hall–Kier alpha value is -0.780. The molecule has 94 valence electrons. The van der Waals surface area contributed by atoms with Gasteiger partial charge in [0.1, 0.15) is 0 Å². The molecule has 6 heteroatoms. The van der Waals surface area contributed by atoms with Crippen LogP contribution in [0.3, 0.4) is 0 Å². The fourth-order valence-corrected chi connectivity index (χ4v) is 2.03. The monoisotopic (exact) mass is 320 g/mol. The highest BCUT2D eigenvalue weighted by Crippen LogP contribution is 2.18. The molecule has 1 aliphatic heterocycles. The third-order valence-electron chi connectivity index (χ3n) is 2.52. The van der Waals surface area contributed by atoms with Gasteiger partial charge in [-0.3, -0.25) is 4.79 Å². The normalized spacial score (nSPS) is 18.5. The van der Waals surface area contributed by atoms with E-state index >= 15 is 0 Å². The van der Waals surface area contributed by atoms with Gasteiger partial charge in [0.15, 0.2) is 0 Å². The number of benzene rings is 1. The van der Waals surface area contributed by atoms with Crippen LogP contribution in [0.5, 0.6) is 0 Å². The van der Waals surface area contributed by atoms with Gasteiger partial charge in [-0.05, 0) is 24.6 Å². The molecular formula is C11H14BrClN2O2. The zero-order valence-corrected chi connectivity index (χ0v) is 11.5. The molecule has 0 bridgehead atoms. The van der Waals surface area contributed by atoms with Gasteiger partial charge in [-0.25, -0.2) is 0 Å². The van der Waals surface area contributed by atoms with E-state index in [2.05, 4.69) is 21.2 Å². The second-order valence-electron chi connectivity index (χ2n) is 3.77. The van der Waals surface area contributed by atoms with Crippen LogP contribution in [0.1, 0.15) is 16.8 Å². The molecule has 3 N–H and O–H groups in total. The van der Waals surface area contributed by atoms with Crippen LogP contribution in [0.2, 0.25) is 0 Å². The quantitative estimate of drug-likeness (QED) is 0.819. The van der Waals surface area contributed by atoms with Crippen LogP contribution in [0, 0.1) is 0 Å². The maximum Gasteiger partial charge on any atom is 0.253 e. The minimum atomic E-state index is -0.138. The van der Waals surface area contributed by atoms with Gasteiger partial charge in [-0.15, -0.1) is 12.4 Å². The Labute approximate surface area is 114 Å². The number of hydrogen-bond acceptors (Lipinski definition) is 3. The highest BCUT2D eigenvalue weighted by molar-refractivity contribution is 9.10. The molecule has 0 radical (unpaired) electrons. The number of halogens is 2. The minimum Gasteiger partial charge on any atom is -0.398 e. The van der Waals surface area contributed by atoms with Gasteiger partial charge >= 0.3 is 0 Å². The van der Waals surface area contributed by atoms with E-state index in [0.717, 1.165) is 10.9 Å².